The zero-order valence-corrected chi connectivity index (χ0v) is 24.8. The summed E-state index contributed by atoms with van der Waals surface area (Å²) in [7, 11) is 0. The number of anilines is 1. The Kier molecular flexibility index (Phi) is 9.22. The Morgan fingerprint density at radius 3 is 2.24 bits per heavy atom. The second kappa shape index (κ2) is 13.2. The maximum absolute atomic E-state index is 12.0. The molecule has 10 nitrogen and oxygen atoms in total. The number of hydrogen-bond acceptors (Lipinski definition) is 8. The zero-order valence-electron chi connectivity index (χ0n) is 24.8. The fraction of sp³-hybridized carbons (Fsp3) is 0.438. The summed E-state index contributed by atoms with van der Waals surface area (Å²) in [6.45, 7) is 9.95. The van der Waals surface area contributed by atoms with Gasteiger partial charge in [-0.15, -0.1) is 0 Å². The lowest BCUT2D eigenvalue weighted by atomic mass is 10.0. The third-order valence-corrected chi connectivity index (χ3v) is 7.53. The molecular formula is C32H41N7O3. The summed E-state index contributed by atoms with van der Waals surface area (Å²) < 4.78 is 11.2. The van der Waals surface area contributed by atoms with Gasteiger partial charge in [0, 0.05) is 24.7 Å². The van der Waals surface area contributed by atoms with E-state index in [1.54, 1.807) is 0 Å². The molecule has 0 spiro atoms. The van der Waals surface area contributed by atoms with Crippen LogP contribution in [0.5, 0.6) is 11.5 Å². The lowest BCUT2D eigenvalue weighted by molar-refractivity contribution is 0.0131. The summed E-state index contributed by atoms with van der Waals surface area (Å²) in [6, 6.07) is 18.0. The number of likely N-dealkylation sites (tertiary alicyclic amines) is 2. The first-order chi connectivity index (χ1) is 20.3. The Balaban J connectivity index is 0.000000172. The molecule has 222 valence electrons. The van der Waals surface area contributed by atoms with Gasteiger partial charge in [-0.05, 0) is 95.9 Å². The van der Waals surface area contributed by atoms with Crippen molar-refractivity contribution in [2.45, 2.75) is 64.5 Å². The highest BCUT2D eigenvalue weighted by Gasteiger charge is 2.29. The van der Waals surface area contributed by atoms with Crippen LogP contribution in [0.15, 0.2) is 60.9 Å². The van der Waals surface area contributed by atoms with Gasteiger partial charge in [0.2, 0.25) is 0 Å². The summed E-state index contributed by atoms with van der Waals surface area (Å²) in [4.78, 5) is 24.6. The molecule has 0 saturated carbocycles. The standard InChI is InChI=1S/C17H13N5O.C15H28N2O2/c18-16-14-15(21-22-17(14)20-10-19-16)11-6-8-13(9-7-11)23-12-4-2-1-3-5-12;1-15(2,3)19-14(18)17-11-7-13(8-12-17)16-9-5-4-6-10-16/h1-10H,(H3,18,19,20,21,22);13H,4-12H2,1-3H3. The van der Waals surface area contributed by atoms with E-state index in [0.29, 0.717) is 17.5 Å². The van der Waals surface area contributed by atoms with Crippen LogP contribution < -0.4 is 10.5 Å². The number of H-pyrrole nitrogens is 1. The number of nitrogens with zero attached hydrogens (tertiary/aromatic N) is 5. The van der Waals surface area contributed by atoms with E-state index in [1.807, 2.05) is 80.3 Å². The molecule has 0 unspecified atom stereocenters. The SMILES string of the molecule is CC(C)(C)OC(=O)N1CCC(N2CCCCC2)CC1.Nc1ncnc2n[nH]c(-c3ccc(Oc4ccccc4)cc3)c12. The van der Waals surface area contributed by atoms with Crippen LogP contribution in [0.1, 0.15) is 52.9 Å². The molecule has 10 heteroatoms. The van der Waals surface area contributed by atoms with Crippen LogP contribution in [0.25, 0.3) is 22.3 Å². The third-order valence-electron chi connectivity index (χ3n) is 7.53. The van der Waals surface area contributed by atoms with Crippen LogP contribution in [0.3, 0.4) is 0 Å². The van der Waals surface area contributed by atoms with Gasteiger partial charge in [-0.2, -0.15) is 5.10 Å². The molecular weight excluding hydrogens is 530 g/mol. The molecule has 6 rings (SSSR count). The number of carbonyl (C=O) groups excluding carboxylic acids is 1. The maximum Gasteiger partial charge on any atom is 0.410 e. The van der Waals surface area contributed by atoms with Crippen LogP contribution in [0, 0.1) is 0 Å². The fourth-order valence-electron chi connectivity index (χ4n) is 5.43. The van der Waals surface area contributed by atoms with E-state index in [2.05, 4.69) is 25.1 Å². The molecule has 0 atom stereocenters. The van der Waals surface area contributed by atoms with Gasteiger partial charge in [-0.3, -0.25) is 5.10 Å². The molecule has 0 radical (unpaired) electrons. The number of nitrogens with two attached hydrogens (primary N) is 1. The van der Waals surface area contributed by atoms with Crippen molar-refractivity contribution in [2.75, 3.05) is 31.9 Å². The quantitative estimate of drug-likeness (QED) is 0.294. The van der Waals surface area contributed by atoms with Crippen LogP contribution in [0.2, 0.25) is 0 Å². The number of carbonyl (C=O) groups is 1. The second-order valence-corrected chi connectivity index (χ2v) is 11.8. The summed E-state index contributed by atoms with van der Waals surface area (Å²) in [5.41, 5.74) is 7.83. The molecule has 2 aliphatic heterocycles. The van der Waals surface area contributed by atoms with Crippen molar-refractivity contribution >= 4 is 22.9 Å². The van der Waals surface area contributed by atoms with Gasteiger partial charge in [-0.1, -0.05) is 24.6 Å². The predicted octanol–water partition coefficient (Wildman–Crippen LogP) is 6.27. The molecule has 0 aliphatic carbocycles. The van der Waals surface area contributed by atoms with Crippen LogP contribution in [-0.4, -0.2) is 73.9 Å². The third kappa shape index (κ3) is 7.55. The minimum atomic E-state index is -0.388. The molecule has 2 fully saturated rings. The summed E-state index contributed by atoms with van der Waals surface area (Å²) in [5.74, 6) is 1.96. The molecule has 42 heavy (non-hydrogen) atoms. The van der Waals surface area contributed by atoms with E-state index in [4.69, 9.17) is 15.2 Å². The van der Waals surface area contributed by atoms with Crippen molar-refractivity contribution in [3.63, 3.8) is 0 Å². The predicted molar refractivity (Wildman–Crippen MR) is 164 cm³/mol. The average Bonchev–Trinajstić information content (AvgIpc) is 3.44. The van der Waals surface area contributed by atoms with Gasteiger partial charge in [0.1, 0.15) is 29.2 Å². The zero-order chi connectivity index (χ0) is 29.5. The topological polar surface area (TPSA) is 122 Å². The van der Waals surface area contributed by atoms with Gasteiger partial charge in [0.05, 0.1) is 11.1 Å². The van der Waals surface area contributed by atoms with E-state index in [9.17, 15) is 4.79 Å². The first-order valence-corrected chi connectivity index (χ1v) is 14.8. The van der Waals surface area contributed by atoms with Crippen molar-refractivity contribution in [3.8, 4) is 22.8 Å². The van der Waals surface area contributed by atoms with Crippen LogP contribution >= 0.6 is 0 Å². The van der Waals surface area contributed by atoms with Gasteiger partial charge in [0.25, 0.3) is 0 Å². The number of benzene rings is 2. The summed E-state index contributed by atoms with van der Waals surface area (Å²) in [5, 5.41) is 7.85. The number of rotatable bonds is 4. The lowest BCUT2D eigenvalue weighted by Crippen LogP contribution is -2.49. The molecule has 4 heterocycles. The Labute approximate surface area is 247 Å². The fourth-order valence-corrected chi connectivity index (χ4v) is 5.43. The van der Waals surface area contributed by atoms with Crippen molar-refractivity contribution in [2.24, 2.45) is 0 Å². The van der Waals surface area contributed by atoms with Crippen LogP contribution in [-0.2, 0) is 4.74 Å². The molecule has 4 aromatic rings. The number of para-hydroxylation sites is 1. The molecule has 2 aliphatic rings. The van der Waals surface area contributed by atoms with E-state index in [0.717, 1.165) is 54.1 Å². The number of piperidine rings is 2. The number of amides is 1. The molecule has 2 saturated heterocycles. The van der Waals surface area contributed by atoms with Gasteiger partial charge < -0.3 is 25.0 Å². The second-order valence-electron chi connectivity index (χ2n) is 11.8. The first kappa shape index (κ1) is 29.3. The van der Waals surface area contributed by atoms with Crippen molar-refractivity contribution in [3.05, 3.63) is 60.9 Å². The van der Waals surface area contributed by atoms with Gasteiger partial charge >= 0.3 is 6.09 Å². The maximum atomic E-state index is 12.0. The van der Waals surface area contributed by atoms with E-state index >= 15 is 0 Å². The van der Waals surface area contributed by atoms with Crippen molar-refractivity contribution in [1.82, 2.24) is 30.0 Å². The molecule has 3 N–H and O–H groups in total. The minimum Gasteiger partial charge on any atom is -0.457 e. The van der Waals surface area contributed by atoms with Crippen molar-refractivity contribution in [1.29, 1.82) is 0 Å². The normalized spacial score (nSPS) is 16.5. The smallest absolute Gasteiger partial charge is 0.410 e. The first-order valence-electron chi connectivity index (χ1n) is 14.8. The lowest BCUT2D eigenvalue weighted by Gasteiger charge is -2.40. The largest absolute Gasteiger partial charge is 0.457 e. The average molecular weight is 572 g/mol. The monoisotopic (exact) mass is 571 g/mol. The van der Waals surface area contributed by atoms with E-state index in [-0.39, 0.29) is 11.7 Å². The summed E-state index contributed by atoms with van der Waals surface area (Å²) >= 11 is 0. The number of nitrogen functional groups attached to an aromatic ring is 1. The van der Waals surface area contributed by atoms with Gasteiger partial charge in [-0.25, -0.2) is 14.8 Å². The van der Waals surface area contributed by atoms with E-state index in [1.165, 1.54) is 38.7 Å². The highest BCUT2D eigenvalue weighted by molar-refractivity contribution is 5.97. The molecule has 1 amide bonds. The minimum absolute atomic E-state index is 0.149. The number of fused-ring (bicyclic) bond motifs is 1. The Morgan fingerprint density at radius 2 is 1.57 bits per heavy atom. The highest BCUT2D eigenvalue weighted by Crippen LogP contribution is 2.30. The number of ether oxygens (including phenoxy) is 2. The number of aromatic nitrogens is 4. The highest BCUT2D eigenvalue weighted by atomic mass is 16.6. The molecule has 0 bridgehead atoms. The number of hydrogen-bond donors (Lipinski definition) is 2. The molecule has 2 aromatic carbocycles. The number of nitrogens with one attached hydrogen (secondary N) is 1. The Bertz CT molecular complexity index is 1440. The Morgan fingerprint density at radius 1 is 0.905 bits per heavy atom. The number of aromatic amines is 1. The Hall–Kier alpha value is -4.18. The van der Waals surface area contributed by atoms with Crippen LogP contribution in [0.4, 0.5) is 10.6 Å². The van der Waals surface area contributed by atoms with Crippen molar-refractivity contribution < 1.29 is 14.3 Å². The van der Waals surface area contributed by atoms with E-state index < -0.39 is 0 Å². The summed E-state index contributed by atoms with van der Waals surface area (Å²) in [6.07, 6.45) is 7.51. The molecule has 2 aromatic heterocycles. The van der Waals surface area contributed by atoms with Gasteiger partial charge in [0.15, 0.2) is 5.65 Å².